The molecule has 0 amide bonds. The Balaban J connectivity index is 2.76. The molecule has 1 heterocycles. The van der Waals surface area contributed by atoms with Crippen molar-refractivity contribution in [3.63, 3.8) is 0 Å². The van der Waals surface area contributed by atoms with E-state index < -0.39 is 16.6 Å². The second kappa shape index (κ2) is 6.18. The predicted molar refractivity (Wildman–Crippen MR) is 85.0 cm³/mol. The summed E-state index contributed by atoms with van der Waals surface area (Å²) in [7, 11) is -1.30. The molecule has 0 aliphatic heterocycles. The zero-order chi connectivity index (χ0) is 15.6. The van der Waals surface area contributed by atoms with E-state index in [0.29, 0.717) is 4.88 Å². The molecule has 112 valence electrons. The molecule has 0 aromatic carbocycles. The van der Waals surface area contributed by atoms with Gasteiger partial charge in [0.05, 0.1) is 11.0 Å². The van der Waals surface area contributed by atoms with E-state index in [1.807, 2.05) is 41.5 Å². The summed E-state index contributed by atoms with van der Waals surface area (Å²) in [5, 5.41) is 0. The van der Waals surface area contributed by atoms with Gasteiger partial charge < -0.3 is 4.74 Å². The smallest absolute Gasteiger partial charge is 0.348 e. The number of carbonyl (C=O) groups is 1. The number of hydrogen-bond donors (Lipinski definition) is 0. The molecule has 0 radical (unpaired) electrons. The van der Waals surface area contributed by atoms with Crippen molar-refractivity contribution < 1.29 is 13.7 Å². The Morgan fingerprint density at radius 1 is 1.25 bits per heavy atom. The van der Waals surface area contributed by atoms with Crippen LogP contribution in [-0.2, 0) is 15.7 Å². The number of thiophene rings is 1. The molecule has 0 N–H and O–H groups in total. The minimum atomic E-state index is -1.30. The van der Waals surface area contributed by atoms with Gasteiger partial charge in [-0.05, 0) is 53.7 Å². The molecule has 0 aliphatic carbocycles. The van der Waals surface area contributed by atoms with Crippen LogP contribution in [0.25, 0.3) is 0 Å². The van der Waals surface area contributed by atoms with E-state index in [4.69, 9.17) is 4.74 Å². The average molecular weight is 315 g/mol. The highest BCUT2D eigenvalue weighted by atomic mass is 32.2. The first-order valence-corrected chi connectivity index (χ1v) is 8.20. The van der Waals surface area contributed by atoms with Crippen molar-refractivity contribution in [1.82, 2.24) is 0 Å². The van der Waals surface area contributed by atoms with Crippen LogP contribution in [0.15, 0.2) is 16.5 Å². The van der Waals surface area contributed by atoms with Crippen molar-refractivity contribution in [1.29, 1.82) is 0 Å². The van der Waals surface area contributed by atoms with Crippen LogP contribution in [0.5, 0.6) is 0 Å². The quantitative estimate of drug-likeness (QED) is 0.633. The molecule has 0 bridgehead atoms. The maximum absolute atomic E-state index is 11.9. The summed E-state index contributed by atoms with van der Waals surface area (Å²) < 4.78 is 20.7. The van der Waals surface area contributed by atoms with Gasteiger partial charge in [-0.2, -0.15) is 4.40 Å². The number of hydrogen-bond acceptors (Lipinski definition) is 4. The normalized spacial score (nSPS) is 14.5. The van der Waals surface area contributed by atoms with Gasteiger partial charge in [-0.25, -0.2) is 9.00 Å². The summed E-state index contributed by atoms with van der Waals surface area (Å²) in [5.74, 6) is -0.348. The summed E-state index contributed by atoms with van der Waals surface area (Å²) in [6.45, 7) is 11.1. The maximum atomic E-state index is 11.9. The Morgan fingerprint density at radius 3 is 2.35 bits per heavy atom. The van der Waals surface area contributed by atoms with Gasteiger partial charge in [0.1, 0.15) is 21.5 Å². The zero-order valence-corrected chi connectivity index (χ0v) is 14.4. The van der Waals surface area contributed by atoms with Crippen molar-refractivity contribution in [3.8, 4) is 0 Å². The summed E-state index contributed by atoms with van der Waals surface area (Å²) in [5.41, 5.74) is -0.511. The minimum Gasteiger partial charge on any atom is -0.456 e. The first kappa shape index (κ1) is 17.0. The molecule has 6 heteroatoms. The minimum absolute atomic E-state index is 0.348. The van der Waals surface area contributed by atoms with Crippen LogP contribution in [0.3, 0.4) is 0 Å². The summed E-state index contributed by atoms with van der Waals surface area (Å²) in [6, 6.07) is 3.47. The van der Waals surface area contributed by atoms with Crippen LogP contribution in [0.2, 0.25) is 0 Å². The monoisotopic (exact) mass is 315 g/mol. The lowest BCUT2D eigenvalue weighted by Crippen LogP contribution is -2.23. The highest BCUT2D eigenvalue weighted by Crippen LogP contribution is 2.20. The van der Waals surface area contributed by atoms with Gasteiger partial charge in [0.2, 0.25) is 0 Å². The number of ether oxygens (including phenoxy) is 1. The van der Waals surface area contributed by atoms with Gasteiger partial charge in [-0.3, -0.25) is 0 Å². The predicted octanol–water partition coefficient (Wildman–Crippen LogP) is 3.58. The van der Waals surface area contributed by atoms with E-state index >= 15 is 0 Å². The van der Waals surface area contributed by atoms with Crippen molar-refractivity contribution in [3.05, 3.63) is 21.9 Å². The fraction of sp³-hybridized carbons (Fsp3) is 0.571. The third kappa shape index (κ3) is 5.54. The highest BCUT2D eigenvalue weighted by molar-refractivity contribution is 7.85. The molecule has 1 aromatic rings. The molecule has 1 atom stereocenters. The molecule has 0 unspecified atom stereocenters. The van der Waals surface area contributed by atoms with Crippen LogP contribution in [0.1, 0.15) is 56.1 Å². The number of nitrogens with zero attached hydrogens (tertiary/aromatic N) is 1. The lowest BCUT2D eigenvalue weighted by atomic mass is 10.2. The Labute approximate surface area is 126 Å². The fourth-order valence-electron chi connectivity index (χ4n) is 1.12. The van der Waals surface area contributed by atoms with Gasteiger partial charge in [-0.15, -0.1) is 11.3 Å². The van der Waals surface area contributed by atoms with Crippen LogP contribution < -0.4 is 0 Å². The number of esters is 1. The second-order valence-corrected chi connectivity index (χ2v) is 9.35. The topological polar surface area (TPSA) is 55.7 Å². The van der Waals surface area contributed by atoms with E-state index in [0.717, 1.165) is 4.88 Å². The first-order chi connectivity index (χ1) is 8.99. The van der Waals surface area contributed by atoms with Gasteiger partial charge in [0.25, 0.3) is 0 Å². The molecule has 0 aliphatic rings. The van der Waals surface area contributed by atoms with Crippen molar-refractivity contribution in [2.45, 2.75) is 51.9 Å². The maximum Gasteiger partial charge on any atom is 0.348 e. The molecule has 0 saturated carbocycles. The standard InChI is InChI=1S/C14H21NO3S2/c1-13(2,3)18-12(16)11-8-7-10(19-11)9-15-20(17)14(4,5)6/h7-9H,1-6H3/t20-/m1/s1. The van der Waals surface area contributed by atoms with Crippen LogP contribution in [0.4, 0.5) is 0 Å². The van der Waals surface area contributed by atoms with E-state index in [1.54, 1.807) is 18.3 Å². The summed E-state index contributed by atoms with van der Waals surface area (Å²) in [6.07, 6.45) is 1.54. The largest absolute Gasteiger partial charge is 0.456 e. The molecular formula is C14H21NO3S2. The average Bonchev–Trinajstić information content (AvgIpc) is 2.70. The lowest BCUT2D eigenvalue weighted by Gasteiger charge is -2.18. The summed E-state index contributed by atoms with van der Waals surface area (Å²) >= 11 is 1.28. The SMILES string of the molecule is CC(C)(C)OC(=O)c1ccc(C=N[S@](=O)C(C)(C)C)s1. The van der Waals surface area contributed by atoms with Gasteiger partial charge in [0, 0.05) is 4.88 Å². The molecular weight excluding hydrogens is 294 g/mol. The van der Waals surface area contributed by atoms with Gasteiger partial charge in [-0.1, -0.05) is 0 Å². The molecule has 1 rings (SSSR count). The van der Waals surface area contributed by atoms with Crippen LogP contribution in [-0.4, -0.2) is 26.7 Å². The Kier molecular flexibility index (Phi) is 5.27. The van der Waals surface area contributed by atoms with Crippen molar-refractivity contribution in [2.75, 3.05) is 0 Å². The number of carbonyl (C=O) groups excluding carboxylic acids is 1. The van der Waals surface area contributed by atoms with Crippen molar-refractivity contribution >= 4 is 34.5 Å². The van der Waals surface area contributed by atoms with Crippen LogP contribution in [0, 0.1) is 0 Å². The molecule has 1 aromatic heterocycles. The molecule has 0 spiro atoms. The van der Waals surface area contributed by atoms with Gasteiger partial charge in [0.15, 0.2) is 0 Å². The molecule has 4 nitrogen and oxygen atoms in total. The third-order valence-corrected chi connectivity index (χ3v) is 4.37. The Morgan fingerprint density at radius 2 is 1.85 bits per heavy atom. The third-order valence-electron chi connectivity index (χ3n) is 2.03. The van der Waals surface area contributed by atoms with E-state index in [1.165, 1.54) is 11.3 Å². The van der Waals surface area contributed by atoms with E-state index in [-0.39, 0.29) is 10.7 Å². The Hall–Kier alpha value is -1.01. The lowest BCUT2D eigenvalue weighted by molar-refractivity contribution is 0.00752. The van der Waals surface area contributed by atoms with Gasteiger partial charge >= 0.3 is 5.97 Å². The van der Waals surface area contributed by atoms with E-state index in [9.17, 15) is 9.00 Å². The van der Waals surface area contributed by atoms with E-state index in [2.05, 4.69) is 4.40 Å². The molecule has 0 fully saturated rings. The number of rotatable bonds is 3. The van der Waals surface area contributed by atoms with Crippen LogP contribution >= 0.6 is 11.3 Å². The zero-order valence-electron chi connectivity index (χ0n) is 12.7. The summed E-state index contributed by atoms with van der Waals surface area (Å²) in [4.78, 5) is 13.2. The first-order valence-electron chi connectivity index (χ1n) is 6.28. The fourth-order valence-corrected chi connectivity index (χ4v) is 2.47. The van der Waals surface area contributed by atoms with Crippen molar-refractivity contribution in [2.24, 2.45) is 4.40 Å². The molecule has 0 saturated heterocycles. The molecule has 20 heavy (non-hydrogen) atoms. The Bertz CT molecular complexity index is 533. The highest BCUT2D eigenvalue weighted by Gasteiger charge is 2.20. The second-order valence-electron chi connectivity index (χ2n) is 6.30.